The fraction of sp³-hybridized carbons (Fsp3) is 0.167. The average Bonchev–Trinajstić information content (AvgIpc) is 3.05. The summed E-state index contributed by atoms with van der Waals surface area (Å²) in [5, 5.41) is 10.6. The maximum atomic E-state index is 12.3. The van der Waals surface area contributed by atoms with Gasteiger partial charge in [-0.05, 0) is 24.6 Å². The summed E-state index contributed by atoms with van der Waals surface area (Å²) in [6, 6.07) is 14.4. The van der Waals surface area contributed by atoms with Gasteiger partial charge < -0.3 is 10.1 Å². The molecule has 0 saturated carbocycles. The van der Waals surface area contributed by atoms with E-state index < -0.39 is 18.0 Å². The number of para-hydroxylation sites is 1. The first-order valence-corrected chi connectivity index (χ1v) is 8.09. The molecule has 7 heteroatoms. The Hall–Kier alpha value is -2.86. The van der Waals surface area contributed by atoms with Crippen LogP contribution in [0.1, 0.15) is 23.0 Å². The van der Waals surface area contributed by atoms with E-state index in [2.05, 4.69) is 15.5 Å². The first-order valence-electron chi connectivity index (χ1n) is 7.71. The van der Waals surface area contributed by atoms with Crippen molar-refractivity contribution in [2.75, 3.05) is 0 Å². The summed E-state index contributed by atoms with van der Waals surface area (Å²) >= 11 is 6.05. The van der Waals surface area contributed by atoms with Crippen LogP contribution in [0.2, 0.25) is 5.02 Å². The van der Waals surface area contributed by atoms with Crippen molar-refractivity contribution in [1.82, 2.24) is 15.5 Å². The molecule has 1 aromatic heterocycles. The molecular weight excluding hydrogens is 342 g/mol. The van der Waals surface area contributed by atoms with E-state index in [9.17, 15) is 9.59 Å². The number of carbonyl (C=O) groups is 2. The van der Waals surface area contributed by atoms with E-state index in [4.69, 9.17) is 16.3 Å². The van der Waals surface area contributed by atoms with Crippen LogP contribution < -0.4 is 5.32 Å². The van der Waals surface area contributed by atoms with E-state index in [0.717, 1.165) is 11.1 Å². The Labute approximate surface area is 149 Å². The molecule has 3 aromatic rings. The normalized spacial score (nSPS) is 11.9. The van der Waals surface area contributed by atoms with Gasteiger partial charge in [-0.25, -0.2) is 4.79 Å². The molecule has 25 heavy (non-hydrogen) atoms. The molecule has 0 aliphatic carbocycles. The molecule has 1 amide bonds. The van der Waals surface area contributed by atoms with Gasteiger partial charge in [0.25, 0.3) is 5.91 Å². The topological polar surface area (TPSA) is 84.1 Å². The Morgan fingerprint density at radius 2 is 1.92 bits per heavy atom. The molecule has 0 fully saturated rings. The van der Waals surface area contributed by atoms with Crippen molar-refractivity contribution in [3.63, 3.8) is 0 Å². The van der Waals surface area contributed by atoms with Crippen LogP contribution >= 0.6 is 11.6 Å². The molecular formula is C18H16ClN3O3. The highest BCUT2D eigenvalue weighted by molar-refractivity contribution is 6.31. The molecule has 0 spiro atoms. The third-order valence-electron chi connectivity index (χ3n) is 3.73. The van der Waals surface area contributed by atoms with E-state index in [1.807, 2.05) is 24.3 Å². The molecule has 0 bridgehead atoms. The van der Waals surface area contributed by atoms with Gasteiger partial charge in [-0.3, -0.25) is 9.89 Å². The summed E-state index contributed by atoms with van der Waals surface area (Å²) in [7, 11) is 0. The third kappa shape index (κ3) is 3.80. The monoisotopic (exact) mass is 357 g/mol. The molecule has 6 nitrogen and oxygen atoms in total. The summed E-state index contributed by atoms with van der Waals surface area (Å²) in [5.41, 5.74) is 1.67. The van der Waals surface area contributed by atoms with Crippen molar-refractivity contribution in [3.8, 4) is 0 Å². The zero-order valence-corrected chi connectivity index (χ0v) is 14.2. The highest BCUT2D eigenvalue weighted by Crippen LogP contribution is 2.17. The lowest BCUT2D eigenvalue weighted by molar-refractivity contribution is -0.129. The number of hydrogen-bond acceptors (Lipinski definition) is 4. The number of hydrogen-bond donors (Lipinski definition) is 2. The minimum atomic E-state index is -0.953. The fourth-order valence-corrected chi connectivity index (χ4v) is 2.56. The van der Waals surface area contributed by atoms with E-state index in [1.54, 1.807) is 24.3 Å². The van der Waals surface area contributed by atoms with Gasteiger partial charge in [-0.15, -0.1) is 0 Å². The number of rotatable bonds is 5. The number of aromatic nitrogens is 2. The van der Waals surface area contributed by atoms with Crippen molar-refractivity contribution in [2.24, 2.45) is 0 Å². The van der Waals surface area contributed by atoms with Crippen LogP contribution in [0.25, 0.3) is 10.9 Å². The van der Waals surface area contributed by atoms with Gasteiger partial charge in [0.2, 0.25) is 0 Å². The highest BCUT2D eigenvalue weighted by Gasteiger charge is 2.22. The number of nitrogens with one attached hydrogen (secondary N) is 2. The molecule has 2 aromatic carbocycles. The molecule has 1 atom stereocenters. The lowest BCUT2D eigenvalue weighted by Gasteiger charge is -2.13. The molecule has 0 aliphatic rings. The summed E-state index contributed by atoms with van der Waals surface area (Å²) in [6.45, 7) is 1.76. The lowest BCUT2D eigenvalue weighted by atomic mass is 10.2. The molecule has 3 rings (SSSR count). The summed E-state index contributed by atoms with van der Waals surface area (Å²) in [6.07, 6.45) is -0.953. The molecule has 0 aliphatic heterocycles. The van der Waals surface area contributed by atoms with Gasteiger partial charge in [-0.2, -0.15) is 5.10 Å². The largest absolute Gasteiger partial charge is 0.448 e. The number of fused-ring (bicyclic) bond motifs is 1. The quantitative estimate of drug-likeness (QED) is 0.687. The Balaban J connectivity index is 1.61. The Kier molecular flexibility index (Phi) is 5.00. The second kappa shape index (κ2) is 7.36. The minimum Gasteiger partial charge on any atom is -0.448 e. The number of esters is 1. The van der Waals surface area contributed by atoms with Crippen LogP contribution in [0.4, 0.5) is 0 Å². The van der Waals surface area contributed by atoms with Gasteiger partial charge >= 0.3 is 5.97 Å². The lowest BCUT2D eigenvalue weighted by Crippen LogP contribution is -2.35. The number of aromatic amines is 1. The first-order chi connectivity index (χ1) is 12.1. The molecule has 128 valence electrons. The second-order valence-corrected chi connectivity index (χ2v) is 5.88. The van der Waals surface area contributed by atoms with Gasteiger partial charge in [0.1, 0.15) is 0 Å². The van der Waals surface area contributed by atoms with Gasteiger partial charge in [0.15, 0.2) is 11.8 Å². The zero-order valence-electron chi connectivity index (χ0n) is 13.5. The van der Waals surface area contributed by atoms with Crippen LogP contribution in [0.15, 0.2) is 48.5 Å². The standard InChI is InChI=1S/C18H16ClN3O3/c1-11(17(23)20-10-12-6-2-4-8-14(12)19)25-18(24)16-13-7-3-5-9-15(13)21-22-16/h2-9,11H,10H2,1H3,(H,20,23)(H,21,22)/t11-/m0/s1. The van der Waals surface area contributed by atoms with Crippen LogP contribution in [-0.2, 0) is 16.1 Å². The van der Waals surface area contributed by atoms with Crippen molar-refractivity contribution < 1.29 is 14.3 Å². The number of H-pyrrole nitrogens is 1. The molecule has 2 N–H and O–H groups in total. The highest BCUT2D eigenvalue weighted by atomic mass is 35.5. The predicted octanol–water partition coefficient (Wildman–Crippen LogP) is 3.08. The molecule has 1 heterocycles. The number of amides is 1. The Morgan fingerprint density at radius 1 is 1.20 bits per heavy atom. The van der Waals surface area contributed by atoms with E-state index >= 15 is 0 Å². The van der Waals surface area contributed by atoms with Crippen molar-refractivity contribution in [3.05, 3.63) is 64.8 Å². The third-order valence-corrected chi connectivity index (χ3v) is 4.10. The summed E-state index contributed by atoms with van der Waals surface area (Å²) < 4.78 is 5.22. The molecule has 0 unspecified atom stereocenters. The fourth-order valence-electron chi connectivity index (χ4n) is 2.36. The van der Waals surface area contributed by atoms with Crippen LogP contribution in [-0.4, -0.2) is 28.2 Å². The van der Waals surface area contributed by atoms with Crippen molar-refractivity contribution in [1.29, 1.82) is 0 Å². The van der Waals surface area contributed by atoms with E-state index in [0.29, 0.717) is 10.4 Å². The Bertz CT molecular complexity index is 923. The SMILES string of the molecule is C[C@H](OC(=O)c1n[nH]c2ccccc12)C(=O)NCc1ccccc1Cl. The maximum absolute atomic E-state index is 12.3. The van der Waals surface area contributed by atoms with Gasteiger partial charge in [0.05, 0.1) is 5.52 Å². The van der Waals surface area contributed by atoms with Crippen molar-refractivity contribution in [2.45, 2.75) is 19.6 Å². The van der Waals surface area contributed by atoms with E-state index in [1.165, 1.54) is 6.92 Å². The molecule has 0 saturated heterocycles. The first kappa shape index (κ1) is 17.0. The van der Waals surface area contributed by atoms with E-state index in [-0.39, 0.29) is 12.2 Å². The van der Waals surface area contributed by atoms with Crippen LogP contribution in [0, 0.1) is 0 Å². The number of ether oxygens (including phenoxy) is 1. The summed E-state index contributed by atoms with van der Waals surface area (Å²) in [4.78, 5) is 24.4. The smallest absolute Gasteiger partial charge is 0.360 e. The van der Waals surface area contributed by atoms with Gasteiger partial charge in [0, 0.05) is 17.0 Å². The van der Waals surface area contributed by atoms with Gasteiger partial charge in [-0.1, -0.05) is 48.0 Å². The predicted molar refractivity (Wildman–Crippen MR) is 94.3 cm³/mol. The second-order valence-electron chi connectivity index (χ2n) is 5.47. The number of nitrogens with zero attached hydrogens (tertiary/aromatic N) is 1. The number of halogens is 1. The number of carbonyl (C=O) groups excluding carboxylic acids is 2. The summed E-state index contributed by atoms with van der Waals surface area (Å²) in [5.74, 6) is -1.06. The van der Waals surface area contributed by atoms with Crippen LogP contribution in [0.3, 0.4) is 0 Å². The minimum absolute atomic E-state index is 0.154. The number of benzene rings is 2. The Morgan fingerprint density at radius 3 is 2.72 bits per heavy atom. The van der Waals surface area contributed by atoms with Crippen molar-refractivity contribution >= 4 is 34.4 Å². The maximum Gasteiger partial charge on any atom is 0.360 e. The van der Waals surface area contributed by atoms with Crippen LogP contribution in [0.5, 0.6) is 0 Å². The molecule has 0 radical (unpaired) electrons. The zero-order chi connectivity index (χ0) is 17.8. The average molecular weight is 358 g/mol.